The summed E-state index contributed by atoms with van der Waals surface area (Å²) in [5.74, 6) is -1.44. The number of hydrogen-bond acceptors (Lipinski definition) is 5. The number of carbonyl (C=O) groups excluding carboxylic acids is 1. The van der Waals surface area contributed by atoms with Crippen molar-refractivity contribution in [3.63, 3.8) is 0 Å². The van der Waals surface area contributed by atoms with Crippen LogP contribution >= 0.6 is 0 Å². The van der Waals surface area contributed by atoms with Gasteiger partial charge >= 0.3 is 5.97 Å². The van der Waals surface area contributed by atoms with E-state index in [1.165, 1.54) is 24.3 Å². The third-order valence-electron chi connectivity index (χ3n) is 3.20. The number of carbonyl (C=O) groups is 2. The number of sulfonamides is 1. The Morgan fingerprint density at radius 2 is 2.00 bits per heavy atom. The van der Waals surface area contributed by atoms with Crippen LogP contribution in [0, 0.1) is 0 Å². The minimum absolute atomic E-state index is 0.0394. The van der Waals surface area contributed by atoms with Gasteiger partial charge in [0.05, 0.1) is 11.3 Å². The molecule has 1 saturated heterocycles. The van der Waals surface area contributed by atoms with Gasteiger partial charge in [-0.2, -0.15) is 0 Å². The molecule has 0 spiro atoms. The minimum Gasteiger partial charge on any atom is -0.481 e. The summed E-state index contributed by atoms with van der Waals surface area (Å²) in [5, 5.41) is 16.5. The van der Waals surface area contributed by atoms with Gasteiger partial charge in [0.15, 0.2) is 0 Å². The normalized spacial score (nSPS) is 19.2. The Kier molecular flexibility index (Phi) is 4.14. The SMILES string of the molecule is NS(=O)(=O)c1ccc(N2CCNC(=O)C2CC(=O)O)cc1. The van der Waals surface area contributed by atoms with E-state index in [1.807, 2.05) is 0 Å². The van der Waals surface area contributed by atoms with E-state index >= 15 is 0 Å². The summed E-state index contributed by atoms with van der Waals surface area (Å²) in [4.78, 5) is 24.3. The van der Waals surface area contributed by atoms with Crippen molar-refractivity contribution in [2.45, 2.75) is 17.4 Å². The van der Waals surface area contributed by atoms with E-state index in [1.54, 1.807) is 4.90 Å². The molecule has 4 N–H and O–H groups in total. The third kappa shape index (κ3) is 3.50. The highest BCUT2D eigenvalue weighted by Gasteiger charge is 2.31. The molecule has 1 aromatic carbocycles. The molecule has 0 bridgehead atoms. The van der Waals surface area contributed by atoms with E-state index in [2.05, 4.69) is 5.32 Å². The zero-order valence-electron chi connectivity index (χ0n) is 11.0. The van der Waals surface area contributed by atoms with Gasteiger partial charge in [-0.1, -0.05) is 0 Å². The zero-order chi connectivity index (χ0) is 15.6. The highest BCUT2D eigenvalue weighted by Crippen LogP contribution is 2.22. The second-order valence-corrected chi connectivity index (χ2v) is 6.20. The Morgan fingerprint density at radius 1 is 1.38 bits per heavy atom. The van der Waals surface area contributed by atoms with Crippen LogP contribution in [0.1, 0.15) is 6.42 Å². The lowest BCUT2D eigenvalue weighted by molar-refractivity contribution is -0.139. The van der Waals surface area contributed by atoms with Gasteiger partial charge in [0.1, 0.15) is 6.04 Å². The first-order valence-corrected chi connectivity index (χ1v) is 7.72. The Hall–Kier alpha value is -2.13. The Morgan fingerprint density at radius 3 is 2.52 bits per heavy atom. The van der Waals surface area contributed by atoms with Crippen molar-refractivity contribution in [1.82, 2.24) is 5.32 Å². The Labute approximate surface area is 121 Å². The Bertz CT molecular complexity index is 656. The smallest absolute Gasteiger partial charge is 0.305 e. The molecule has 1 fully saturated rings. The average molecular weight is 313 g/mol. The van der Waals surface area contributed by atoms with Crippen LogP contribution in [-0.2, 0) is 19.6 Å². The quantitative estimate of drug-likeness (QED) is 0.661. The Balaban J connectivity index is 2.29. The van der Waals surface area contributed by atoms with E-state index in [9.17, 15) is 18.0 Å². The van der Waals surface area contributed by atoms with Crippen LogP contribution in [0.15, 0.2) is 29.2 Å². The van der Waals surface area contributed by atoms with Gasteiger partial charge in [0.2, 0.25) is 15.9 Å². The number of rotatable bonds is 4. The summed E-state index contributed by atoms with van der Waals surface area (Å²) >= 11 is 0. The molecular weight excluding hydrogens is 298 g/mol. The van der Waals surface area contributed by atoms with Gasteiger partial charge in [0.25, 0.3) is 0 Å². The van der Waals surface area contributed by atoms with Crippen LogP contribution < -0.4 is 15.4 Å². The maximum absolute atomic E-state index is 11.8. The molecule has 0 saturated carbocycles. The summed E-state index contributed by atoms with van der Waals surface area (Å²) in [6.45, 7) is 0.838. The topological polar surface area (TPSA) is 130 Å². The molecule has 1 unspecified atom stereocenters. The molecule has 2 rings (SSSR count). The number of piperazine rings is 1. The lowest BCUT2D eigenvalue weighted by Crippen LogP contribution is -2.56. The second-order valence-electron chi connectivity index (χ2n) is 4.64. The van der Waals surface area contributed by atoms with Crippen LogP contribution in [0.25, 0.3) is 0 Å². The molecule has 0 aliphatic carbocycles. The standard InChI is InChI=1S/C12H15N3O5S/c13-21(19,20)9-3-1-8(2-4-9)15-6-5-14-12(18)10(15)7-11(16)17/h1-4,10H,5-7H2,(H,14,18)(H,16,17)(H2,13,19,20). The molecule has 1 aliphatic heterocycles. The lowest BCUT2D eigenvalue weighted by atomic mass is 10.1. The molecule has 21 heavy (non-hydrogen) atoms. The van der Waals surface area contributed by atoms with Gasteiger partial charge in [0, 0.05) is 18.8 Å². The maximum atomic E-state index is 11.8. The highest BCUT2D eigenvalue weighted by molar-refractivity contribution is 7.89. The molecule has 1 atom stereocenters. The maximum Gasteiger partial charge on any atom is 0.305 e. The fourth-order valence-corrected chi connectivity index (χ4v) is 2.73. The number of nitrogens with one attached hydrogen (secondary N) is 1. The van der Waals surface area contributed by atoms with Gasteiger partial charge < -0.3 is 15.3 Å². The number of aliphatic carboxylic acids is 1. The van der Waals surface area contributed by atoms with Crippen molar-refractivity contribution >= 4 is 27.6 Å². The summed E-state index contributed by atoms with van der Waals surface area (Å²) < 4.78 is 22.4. The number of primary sulfonamides is 1. The van der Waals surface area contributed by atoms with Crippen LogP contribution in [0.5, 0.6) is 0 Å². The molecule has 9 heteroatoms. The van der Waals surface area contributed by atoms with Gasteiger partial charge in [-0.3, -0.25) is 9.59 Å². The monoisotopic (exact) mass is 313 g/mol. The summed E-state index contributed by atoms with van der Waals surface area (Å²) in [6, 6.07) is 4.85. The van der Waals surface area contributed by atoms with E-state index in [0.717, 1.165) is 0 Å². The molecule has 1 aliphatic rings. The molecule has 1 heterocycles. The van der Waals surface area contributed by atoms with Gasteiger partial charge in [-0.15, -0.1) is 0 Å². The number of nitrogens with two attached hydrogens (primary N) is 1. The van der Waals surface area contributed by atoms with Crippen molar-refractivity contribution in [3.8, 4) is 0 Å². The summed E-state index contributed by atoms with van der Waals surface area (Å²) in [6.07, 6.45) is -0.331. The number of anilines is 1. The zero-order valence-corrected chi connectivity index (χ0v) is 11.8. The van der Waals surface area contributed by atoms with Crippen LogP contribution in [0.2, 0.25) is 0 Å². The largest absolute Gasteiger partial charge is 0.481 e. The minimum atomic E-state index is -3.79. The number of amides is 1. The summed E-state index contributed by atoms with van der Waals surface area (Å²) in [7, 11) is -3.79. The van der Waals surface area contributed by atoms with Gasteiger partial charge in [-0.25, -0.2) is 13.6 Å². The number of benzene rings is 1. The number of carboxylic acids is 1. The van der Waals surface area contributed by atoms with Crippen molar-refractivity contribution in [1.29, 1.82) is 0 Å². The first-order chi connectivity index (χ1) is 9.79. The van der Waals surface area contributed by atoms with Gasteiger partial charge in [-0.05, 0) is 24.3 Å². The number of nitrogens with zero attached hydrogens (tertiary/aromatic N) is 1. The molecule has 8 nitrogen and oxygen atoms in total. The van der Waals surface area contributed by atoms with Crippen molar-refractivity contribution in [2.75, 3.05) is 18.0 Å². The average Bonchev–Trinajstić information content (AvgIpc) is 2.40. The van der Waals surface area contributed by atoms with Crippen LogP contribution in [0.4, 0.5) is 5.69 Å². The number of carboxylic acid groups (broad SMARTS) is 1. The molecular formula is C12H15N3O5S. The molecule has 114 valence electrons. The van der Waals surface area contributed by atoms with Crippen LogP contribution in [0.3, 0.4) is 0 Å². The molecule has 0 aromatic heterocycles. The first-order valence-electron chi connectivity index (χ1n) is 6.18. The van der Waals surface area contributed by atoms with E-state index in [0.29, 0.717) is 18.8 Å². The molecule has 0 radical (unpaired) electrons. The number of hydrogen-bond donors (Lipinski definition) is 3. The predicted octanol–water partition coefficient (Wildman–Crippen LogP) is -0.886. The molecule has 1 amide bonds. The molecule has 1 aromatic rings. The van der Waals surface area contributed by atoms with Crippen molar-refractivity contribution in [3.05, 3.63) is 24.3 Å². The third-order valence-corrected chi connectivity index (χ3v) is 4.12. The van der Waals surface area contributed by atoms with E-state index < -0.39 is 22.0 Å². The van der Waals surface area contributed by atoms with E-state index in [-0.39, 0.29) is 17.2 Å². The highest BCUT2D eigenvalue weighted by atomic mass is 32.2. The fraction of sp³-hybridized carbons (Fsp3) is 0.333. The van der Waals surface area contributed by atoms with Crippen molar-refractivity contribution in [2.24, 2.45) is 5.14 Å². The summed E-state index contributed by atoms with van der Waals surface area (Å²) in [5.41, 5.74) is 0.573. The van der Waals surface area contributed by atoms with Crippen molar-refractivity contribution < 1.29 is 23.1 Å². The fourth-order valence-electron chi connectivity index (χ4n) is 2.22. The first kappa shape index (κ1) is 15.3. The lowest BCUT2D eigenvalue weighted by Gasteiger charge is -2.36. The van der Waals surface area contributed by atoms with Crippen LogP contribution in [-0.4, -0.2) is 44.5 Å². The van der Waals surface area contributed by atoms with E-state index in [4.69, 9.17) is 10.2 Å². The predicted molar refractivity (Wildman–Crippen MR) is 74.2 cm³/mol. The second kappa shape index (κ2) is 5.70.